The predicted octanol–water partition coefficient (Wildman–Crippen LogP) is 3.54. The van der Waals surface area contributed by atoms with Crippen molar-refractivity contribution in [2.24, 2.45) is 4.99 Å². The van der Waals surface area contributed by atoms with E-state index in [0.29, 0.717) is 41.7 Å². The molecule has 0 saturated heterocycles. The smallest absolute Gasteiger partial charge is 0.246 e. The number of nitrogens with one attached hydrogen (secondary N) is 2. The van der Waals surface area contributed by atoms with Crippen molar-refractivity contribution in [3.63, 3.8) is 0 Å². The fourth-order valence-electron chi connectivity index (χ4n) is 2.35. The van der Waals surface area contributed by atoms with E-state index in [-0.39, 0.29) is 5.41 Å². The van der Waals surface area contributed by atoms with Gasteiger partial charge in [-0.2, -0.15) is 4.98 Å². The van der Waals surface area contributed by atoms with Crippen molar-refractivity contribution in [2.45, 2.75) is 39.3 Å². The zero-order valence-corrected chi connectivity index (χ0v) is 17.0. The summed E-state index contributed by atoms with van der Waals surface area (Å²) < 4.78 is 11.0. The van der Waals surface area contributed by atoms with E-state index >= 15 is 0 Å². The van der Waals surface area contributed by atoms with Crippen LogP contribution in [0.5, 0.6) is 0 Å². The lowest BCUT2D eigenvalue weighted by molar-refractivity contribution is 0.373. The van der Waals surface area contributed by atoms with Gasteiger partial charge in [-0.05, 0) is 12.1 Å². The molecule has 0 unspecified atom stereocenters. The van der Waals surface area contributed by atoms with Crippen molar-refractivity contribution in [3.05, 3.63) is 53.0 Å². The molecule has 0 spiro atoms. The number of aromatic nitrogens is 3. The second-order valence-electron chi connectivity index (χ2n) is 7.17. The van der Waals surface area contributed by atoms with E-state index in [9.17, 15) is 0 Å². The van der Waals surface area contributed by atoms with Gasteiger partial charge in [0, 0.05) is 23.0 Å². The van der Waals surface area contributed by atoms with Gasteiger partial charge in [0.1, 0.15) is 5.76 Å². The first-order valence-electron chi connectivity index (χ1n) is 8.83. The largest absolute Gasteiger partial charge is 0.443 e. The third kappa shape index (κ3) is 5.10. The normalized spacial score (nSPS) is 12.2. The molecule has 148 valence electrons. The predicted molar refractivity (Wildman–Crippen MR) is 107 cm³/mol. The van der Waals surface area contributed by atoms with Crippen molar-refractivity contribution in [3.8, 4) is 11.4 Å². The van der Waals surface area contributed by atoms with Crippen molar-refractivity contribution in [2.75, 3.05) is 7.05 Å². The van der Waals surface area contributed by atoms with Crippen LogP contribution < -0.4 is 10.6 Å². The van der Waals surface area contributed by atoms with Crippen LogP contribution in [0.25, 0.3) is 11.4 Å². The van der Waals surface area contributed by atoms with Gasteiger partial charge in [-0.3, -0.25) is 4.99 Å². The minimum Gasteiger partial charge on any atom is -0.443 e. The molecule has 0 bridgehead atoms. The number of nitrogens with zero attached hydrogens (tertiary/aromatic N) is 4. The topological polar surface area (TPSA) is 101 Å². The second kappa shape index (κ2) is 8.43. The molecule has 0 aliphatic heterocycles. The maximum Gasteiger partial charge on any atom is 0.246 e. The summed E-state index contributed by atoms with van der Waals surface area (Å²) in [6.45, 7) is 6.97. The Morgan fingerprint density at radius 2 is 1.93 bits per heavy atom. The van der Waals surface area contributed by atoms with Crippen LogP contribution in [0.15, 0.2) is 44.4 Å². The molecule has 2 aromatic heterocycles. The number of guanidine groups is 1. The minimum atomic E-state index is -0.0795. The van der Waals surface area contributed by atoms with Gasteiger partial charge in [-0.25, -0.2) is 4.98 Å². The van der Waals surface area contributed by atoms with E-state index in [1.807, 2.05) is 12.1 Å². The molecule has 0 saturated carbocycles. The molecule has 0 aliphatic carbocycles. The van der Waals surface area contributed by atoms with Crippen LogP contribution >= 0.6 is 11.6 Å². The molecule has 3 rings (SSSR count). The highest BCUT2D eigenvalue weighted by atomic mass is 35.5. The summed E-state index contributed by atoms with van der Waals surface area (Å²) in [5.41, 5.74) is 0.715. The van der Waals surface area contributed by atoms with Gasteiger partial charge in [0.25, 0.3) is 0 Å². The highest BCUT2D eigenvalue weighted by Crippen LogP contribution is 2.22. The zero-order valence-electron chi connectivity index (χ0n) is 16.3. The fraction of sp³-hybridized carbons (Fsp3) is 0.368. The first-order chi connectivity index (χ1) is 13.3. The number of rotatable bonds is 5. The van der Waals surface area contributed by atoms with Crippen LogP contribution in [0.3, 0.4) is 0 Å². The van der Waals surface area contributed by atoms with Crippen molar-refractivity contribution >= 4 is 17.6 Å². The van der Waals surface area contributed by atoms with Crippen LogP contribution in [-0.2, 0) is 18.5 Å². The summed E-state index contributed by atoms with van der Waals surface area (Å²) in [6, 6.07) is 7.29. The Labute approximate surface area is 168 Å². The van der Waals surface area contributed by atoms with Gasteiger partial charge in [0.15, 0.2) is 5.96 Å². The van der Waals surface area contributed by atoms with E-state index < -0.39 is 0 Å². The standard InChI is InChI=1S/C19H23ClN6O2/c1-19(2,3)14-9-22-15(27-14)10-23-18(21-4)24-11-16-25-17(26-28-16)12-6-5-7-13(20)8-12/h5-9H,10-11H2,1-4H3,(H2,21,23,24). The molecular weight excluding hydrogens is 380 g/mol. The Morgan fingerprint density at radius 1 is 1.18 bits per heavy atom. The Morgan fingerprint density at radius 3 is 2.57 bits per heavy atom. The summed E-state index contributed by atoms with van der Waals surface area (Å²) in [6.07, 6.45) is 1.75. The van der Waals surface area contributed by atoms with Crippen LogP contribution in [0.4, 0.5) is 0 Å². The maximum absolute atomic E-state index is 6.00. The van der Waals surface area contributed by atoms with Gasteiger partial charge >= 0.3 is 0 Å². The summed E-state index contributed by atoms with van der Waals surface area (Å²) in [7, 11) is 1.68. The quantitative estimate of drug-likeness (QED) is 0.497. The molecule has 3 aromatic rings. The SMILES string of the molecule is CN=C(NCc1nc(-c2cccc(Cl)c2)no1)NCc1ncc(C(C)(C)C)o1. The second-order valence-corrected chi connectivity index (χ2v) is 7.61. The highest BCUT2D eigenvalue weighted by Gasteiger charge is 2.19. The Bertz CT molecular complexity index is 957. The van der Waals surface area contributed by atoms with E-state index in [4.69, 9.17) is 20.5 Å². The number of benzene rings is 1. The van der Waals surface area contributed by atoms with E-state index in [0.717, 1.165) is 11.3 Å². The third-order valence-corrected chi connectivity index (χ3v) is 4.12. The van der Waals surface area contributed by atoms with Gasteiger partial charge in [0.05, 0.1) is 19.3 Å². The molecule has 0 aliphatic rings. The van der Waals surface area contributed by atoms with Crippen LogP contribution in [0.1, 0.15) is 38.3 Å². The number of halogens is 1. The van der Waals surface area contributed by atoms with Crippen LogP contribution in [-0.4, -0.2) is 28.1 Å². The van der Waals surface area contributed by atoms with Gasteiger partial charge in [0.2, 0.25) is 17.6 Å². The highest BCUT2D eigenvalue weighted by molar-refractivity contribution is 6.30. The first-order valence-corrected chi connectivity index (χ1v) is 9.21. The Kier molecular flexibility index (Phi) is 5.99. The fourth-order valence-corrected chi connectivity index (χ4v) is 2.54. The lowest BCUT2D eigenvalue weighted by atomic mass is 9.94. The van der Waals surface area contributed by atoms with Crippen LogP contribution in [0, 0.1) is 0 Å². The zero-order chi connectivity index (χ0) is 20.1. The molecule has 1 aromatic carbocycles. The lowest BCUT2D eigenvalue weighted by Crippen LogP contribution is -2.36. The molecule has 8 nitrogen and oxygen atoms in total. The first kappa shape index (κ1) is 19.9. The van der Waals surface area contributed by atoms with Gasteiger partial charge in [-0.15, -0.1) is 0 Å². The number of hydrogen-bond donors (Lipinski definition) is 2. The summed E-state index contributed by atoms with van der Waals surface area (Å²) >= 11 is 6.00. The summed E-state index contributed by atoms with van der Waals surface area (Å²) in [5.74, 6) is 2.92. The van der Waals surface area contributed by atoms with Crippen molar-refractivity contribution in [1.82, 2.24) is 25.8 Å². The van der Waals surface area contributed by atoms with Gasteiger partial charge in [-0.1, -0.05) is 49.7 Å². The van der Waals surface area contributed by atoms with Crippen molar-refractivity contribution in [1.29, 1.82) is 0 Å². The third-order valence-electron chi connectivity index (χ3n) is 3.88. The summed E-state index contributed by atoms with van der Waals surface area (Å²) in [5, 5.41) is 10.9. The van der Waals surface area contributed by atoms with E-state index in [2.05, 4.69) is 51.5 Å². The molecule has 2 N–H and O–H groups in total. The molecule has 0 radical (unpaired) electrons. The molecule has 0 fully saturated rings. The number of oxazole rings is 1. The molecule has 2 heterocycles. The van der Waals surface area contributed by atoms with Gasteiger partial charge < -0.3 is 19.6 Å². The minimum absolute atomic E-state index is 0.0795. The molecule has 0 amide bonds. The van der Waals surface area contributed by atoms with Crippen LogP contribution in [0.2, 0.25) is 5.02 Å². The molecule has 28 heavy (non-hydrogen) atoms. The molecule has 9 heteroatoms. The van der Waals surface area contributed by atoms with E-state index in [1.54, 1.807) is 25.4 Å². The van der Waals surface area contributed by atoms with Crippen molar-refractivity contribution < 1.29 is 8.94 Å². The average molecular weight is 403 g/mol. The lowest BCUT2D eigenvalue weighted by Gasteiger charge is -2.13. The number of hydrogen-bond acceptors (Lipinski definition) is 6. The Balaban J connectivity index is 1.54. The average Bonchev–Trinajstić information content (AvgIpc) is 3.31. The summed E-state index contributed by atoms with van der Waals surface area (Å²) in [4.78, 5) is 12.8. The monoisotopic (exact) mass is 402 g/mol. The maximum atomic E-state index is 6.00. The Hall–Kier alpha value is -2.87. The molecule has 0 atom stereocenters. The molecular formula is C19H23ClN6O2. The number of aliphatic imine (C=N–C) groups is 1. The van der Waals surface area contributed by atoms with E-state index in [1.165, 1.54) is 0 Å².